The van der Waals surface area contributed by atoms with Gasteiger partial charge in [0.05, 0.1) is 6.10 Å². The Kier molecular flexibility index (Phi) is 4.59. The molecule has 0 unspecified atom stereocenters. The number of rotatable bonds is 4. The summed E-state index contributed by atoms with van der Waals surface area (Å²) in [5.74, 6) is 1.85. The van der Waals surface area contributed by atoms with Crippen LogP contribution in [0.4, 0.5) is 5.82 Å². The lowest BCUT2D eigenvalue weighted by Gasteiger charge is -2.34. The SMILES string of the molecule is CCCC1CCN(c2ncccc2[C@@H](C)O)CC1. The molecule has 18 heavy (non-hydrogen) atoms. The molecular formula is C15H24N2O. The standard InChI is InChI=1S/C15H24N2O/c1-3-5-13-7-10-17(11-8-13)15-14(12(2)18)6-4-9-16-15/h4,6,9,12-13,18H,3,5,7-8,10-11H2,1-2H3/t12-/m1/s1. The Morgan fingerprint density at radius 1 is 1.44 bits per heavy atom. The van der Waals surface area contributed by atoms with Gasteiger partial charge in [-0.05, 0) is 31.7 Å². The molecule has 0 bridgehead atoms. The Hall–Kier alpha value is -1.09. The van der Waals surface area contributed by atoms with Crippen molar-refractivity contribution in [1.29, 1.82) is 0 Å². The quantitative estimate of drug-likeness (QED) is 0.889. The van der Waals surface area contributed by atoms with E-state index in [1.807, 2.05) is 25.3 Å². The predicted octanol–water partition coefficient (Wildman–Crippen LogP) is 3.15. The maximum atomic E-state index is 9.80. The summed E-state index contributed by atoms with van der Waals surface area (Å²) in [6.45, 7) is 6.21. The molecule has 1 aromatic rings. The van der Waals surface area contributed by atoms with Gasteiger partial charge in [0.15, 0.2) is 0 Å². The van der Waals surface area contributed by atoms with Crippen LogP contribution in [0.2, 0.25) is 0 Å². The van der Waals surface area contributed by atoms with Gasteiger partial charge in [0.25, 0.3) is 0 Å². The summed E-state index contributed by atoms with van der Waals surface area (Å²) in [6.07, 6.45) is 6.51. The van der Waals surface area contributed by atoms with Gasteiger partial charge in [-0.2, -0.15) is 0 Å². The first-order valence-electron chi connectivity index (χ1n) is 7.10. The third kappa shape index (κ3) is 3.02. The topological polar surface area (TPSA) is 36.4 Å². The molecule has 0 saturated carbocycles. The first-order chi connectivity index (χ1) is 8.72. The van der Waals surface area contributed by atoms with E-state index in [2.05, 4.69) is 16.8 Å². The number of aliphatic hydroxyl groups is 1. The summed E-state index contributed by atoms with van der Waals surface area (Å²) in [4.78, 5) is 6.79. The number of hydrogen-bond donors (Lipinski definition) is 1. The van der Waals surface area contributed by atoms with E-state index >= 15 is 0 Å². The van der Waals surface area contributed by atoms with E-state index in [4.69, 9.17) is 0 Å². The highest BCUT2D eigenvalue weighted by Crippen LogP contribution is 2.29. The lowest BCUT2D eigenvalue weighted by atomic mass is 9.92. The summed E-state index contributed by atoms with van der Waals surface area (Å²) in [7, 11) is 0. The van der Waals surface area contributed by atoms with Crippen molar-refractivity contribution >= 4 is 5.82 Å². The van der Waals surface area contributed by atoms with E-state index in [0.29, 0.717) is 0 Å². The first-order valence-corrected chi connectivity index (χ1v) is 7.10. The third-order valence-electron chi connectivity index (χ3n) is 3.88. The van der Waals surface area contributed by atoms with E-state index in [1.165, 1.54) is 25.7 Å². The van der Waals surface area contributed by atoms with Gasteiger partial charge in [-0.25, -0.2) is 4.98 Å². The number of nitrogens with zero attached hydrogens (tertiary/aromatic N) is 2. The Labute approximate surface area is 110 Å². The van der Waals surface area contributed by atoms with Crippen molar-refractivity contribution in [3.63, 3.8) is 0 Å². The van der Waals surface area contributed by atoms with Crippen molar-refractivity contribution in [3.05, 3.63) is 23.9 Å². The molecule has 3 nitrogen and oxygen atoms in total. The second-order valence-corrected chi connectivity index (χ2v) is 5.31. The Bertz CT molecular complexity index is 371. The second-order valence-electron chi connectivity index (χ2n) is 5.31. The van der Waals surface area contributed by atoms with Crippen LogP contribution in [0.1, 0.15) is 51.2 Å². The zero-order chi connectivity index (χ0) is 13.0. The van der Waals surface area contributed by atoms with Gasteiger partial charge in [-0.1, -0.05) is 25.8 Å². The maximum absolute atomic E-state index is 9.80. The van der Waals surface area contributed by atoms with Crippen molar-refractivity contribution < 1.29 is 5.11 Å². The van der Waals surface area contributed by atoms with Gasteiger partial charge >= 0.3 is 0 Å². The normalized spacial score (nSPS) is 18.9. The Morgan fingerprint density at radius 2 is 2.17 bits per heavy atom. The first kappa shape index (κ1) is 13.3. The van der Waals surface area contributed by atoms with E-state index in [-0.39, 0.29) is 0 Å². The third-order valence-corrected chi connectivity index (χ3v) is 3.88. The largest absolute Gasteiger partial charge is 0.389 e. The number of pyridine rings is 1. The molecule has 1 aromatic heterocycles. The number of piperidine rings is 1. The summed E-state index contributed by atoms with van der Waals surface area (Å²) in [6, 6.07) is 3.88. The van der Waals surface area contributed by atoms with E-state index in [0.717, 1.165) is 30.4 Å². The Morgan fingerprint density at radius 3 is 2.78 bits per heavy atom. The van der Waals surface area contributed by atoms with E-state index < -0.39 is 6.10 Å². The Balaban J connectivity index is 2.05. The minimum absolute atomic E-state index is 0.443. The van der Waals surface area contributed by atoms with Gasteiger partial charge in [0, 0.05) is 24.8 Å². The monoisotopic (exact) mass is 248 g/mol. The molecule has 2 rings (SSSR count). The fourth-order valence-electron chi connectivity index (χ4n) is 2.84. The zero-order valence-electron chi connectivity index (χ0n) is 11.5. The molecular weight excluding hydrogens is 224 g/mol. The number of aromatic nitrogens is 1. The van der Waals surface area contributed by atoms with Crippen molar-refractivity contribution in [2.24, 2.45) is 5.92 Å². The van der Waals surface area contributed by atoms with Crippen LogP contribution in [-0.2, 0) is 0 Å². The van der Waals surface area contributed by atoms with Crippen LogP contribution >= 0.6 is 0 Å². The van der Waals surface area contributed by atoms with E-state index in [9.17, 15) is 5.11 Å². The summed E-state index contributed by atoms with van der Waals surface area (Å²) < 4.78 is 0. The summed E-state index contributed by atoms with van der Waals surface area (Å²) >= 11 is 0. The van der Waals surface area contributed by atoms with Crippen molar-refractivity contribution in [1.82, 2.24) is 4.98 Å². The number of aliphatic hydroxyl groups excluding tert-OH is 1. The minimum atomic E-state index is -0.443. The molecule has 2 heterocycles. The predicted molar refractivity (Wildman–Crippen MR) is 74.7 cm³/mol. The highest BCUT2D eigenvalue weighted by atomic mass is 16.3. The smallest absolute Gasteiger partial charge is 0.134 e. The molecule has 1 saturated heterocycles. The van der Waals surface area contributed by atoms with Crippen LogP contribution in [0, 0.1) is 5.92 Å². The molecule has 0 amide bonds. The number of hydrogen-bond acceptors (Lipinski definition) is 3. The van der Waals surface area contributed by atoms with Crippen LogP contribution in [0.25, 0.3) is 0 Å². The van der Waals surface area contributed by atoms with Gasteiger partial charge < -0.3 is 10.0 Å². The lowest BCUT2D eigenvalue weighted by Crippen LogP contribution is -2.35. The average molecular weight is 248 g/mol. The van der Waals surface area contributed by atoms with Crippen molar-refractivity contribution in [2.45, 2.75) is 45.6 Å². The molecule has 1 N–H and O–H groups in total. The molecule has 3 heteroatoms. The van der Waals surface area contributed by atoms with Crippen LogP contribution in [0.5, 0.6) is 0 Å². The average Bonchev–Trinajstić information content (AvgIpc) is 2.40. The van der Waals surface area contributed by atoms with Gasteiger partial charge in [0.2, 0.25) is 0 Å². The molecule has 0 radical (unpaired) electrons. The van der Waals surface area contributed by atoms with Crippen molar-refractivity contribution in [2.75, 3.05) is 18.0 Å². The minimum Gasteiger partial charge on any atom is -0.389 e. The fourth-order valence-corrected chi connectivity index (χ4v) is 2.84. The molecule has 0 aliphatic carbocycles. The summed E-state index contributed by atoms with van der Waals surface area (Å²) in [5.41, 5.74) is 0.950. The van der Waals surface area contributed by atoms with Crippen LogP contribution < -0.4 is 4.90 Å². The zero-order valence-corrected chi connectivity index (χ0v) is 11.5. The highest BCUT2D eigenvalue weighted by Gasteiger charge is 2.22. The fraction of sp³-hybridized carbons (Fsp3) is 0.667. The molecule has 100 valence electrons. The van der Waals surface area contributed by atoms with Gasteiger partial charge in [0.1, 0.15) is 5.82 Å². The lowest BCUT2D eigenvalue weighted by molar-refractivity contribution is 0.199. The molecule has 1 atom stereocenters. The van der Waals surface area contributed by atoms with Crippen molar-refractivity contribution in [3.8, 4) is 0 Å². The van der Waals surface area contributed by atoms with Crippen LogP contribution in [-0.4, -0.2) is 23.2 Å². The van der Waals surface area contributed by atoms with Gasteiger partial charge in [-0.3, -0.25) is 0 Å². The van der Waals surface area contributed by atoms with Gasteiger partial charge in [-0.15, -0.1) is 0 Å². The molecule has 1 aliphatic rings. The summed E-state index contributed by atoms with van der Waals surface area (Å²) in [5, 5.41) is 9.80. The molecule has 1 aliphatic heterocycles. The highest BCUT2D eigenvalue weighted by molar-refractivity contribution is 5.48. The molecule has 0 spiro atoms. The molecule has 0 aromatic carbocycles. The maximum Gasteiger partial charge on any atom is 0.134 e. The molecule has 1 fully saturated rings. The number of anilines is 1. The van der Waals surface area contributed by atoms with Crippen LogP contribution in [0.15, 0.2) is 18.3 Å². The van der Waals surface area contributed by atoms with Crippen LogP contribution in [0.3, 0.4) is 0 Å². The second kappa shape index (κ2) is 6.19. The van der Waals surface area contributed by atoms with E-state index in [1.54, 1.807) is 0 Å².